The van der Waals surface area contributed by atoms with Gasteiger partial charge in [0.25, 0.3) is 0 Å². The predicted octanol–water partition coefficient (Wildman–Crippen LogP) is 2.85. The summed E-state index contributed by atoms with van der Waals surface area (Å²) in [6.45, 7) is 0. The van der Waals surface area contributed by atoms with Gasteiger partial charge in [-0.15, -0.1) is 0 Å². The van der Waals surface area contributed by atoms with Crippen LogP contribution < -0.4 is 21.1 Å². The Morgan fingerprint density at radius 2 is 1.84 bits per heavy atom. The number of ether oxygens (including phenoxy) is 2. The highest BCUT2D eigenvalue weighted by Crippen LogP contribution is 2.29. The Morgan fingerprint density at radius 3 is 2.44 bits per heavy atom. The number of hydrogen-bond acceptors (Lipinski definition) is 6. The third-order valence-electron chi connectivity index (χ3n) is 3.07. The monoisotopic (exact) mass is 379 g/mol. The molecule has 9 heteroatoms. The number of hydrogen-bond donors (Lipinski definition) is 3. The van der Waals surface area contributed by atoms with E-state index in [2.05, 4.69) is 15.4 Å². The summed E-state index contributed by atoms with van der Waals surface area (Å²) in [7, 11) is 1.24. The molecule has 0 aliphatic rings. The second-order valence-corrected chi connectivity index (χ2v) is 6.64. The minimum absolute atomic E-state index is 0.0467. The van der Waals surface area contributed by atoms with E-state index < -0.39 is 17.3 Å². The van der Waals surface area contributed by atoms with E-state index in [0.717, 1.165) is 0 Å². The maximum absolute atomic E-state index is 11.4. The summed E-state index contributed by atoms with van der Waals surface area (Å²) in [5.74, 6) is 1.10. The standard InChI is InChI=1S/C16H17N3O4S2/c1-22-16(20)19-15(24)18-14-9-11(5-8-13(14)17)23-10-3-6-12(7-4-10)25(2)21/h3-9H,17H2,1-2H3,(H2,18,19,20,24). The lowest BCUT2D eigenvalue weighted by molar-refractivity contribution is 0.177. The highest BCUT2D eigenvalue weighted by molar-refractivity contribution is 7.90. The zero-order valence-corrected chi connectivity index (χ0v) is 15.2. The first-order valence-corrected chi connectivity index (χ1v) is 9.02. The fourth-order valence-corrected chi connectivity index (χ4v) is 2.55. The summed E-state index contributed by atoms with van der Waals surface area (Å²) in [6, 6.07) is 11.9. The van der Waals surface area contributed by atoms with E-state index in [4.69, 9.17) is 22.7 Å². The first kappa shape index (κ1) is 18.8. The molecule has 0 fully saturated rings. The van der Waals surface area contributed by atoms with Crippen LogP contribution in [-0.4, -0.2) is 29.1 Å². The Kier molecular flexibility index (Phi) is 6.45. The number of anilines is 2. The maximum Gasteiger partial charge on any atom is 0.413 e. The number of benzene rings is 2. The smallest absolute Gasteiger partial charge is 0.413 e. The highest BCUT2D eigenvalue weighted by Gasteiger charge is 2.09. The van der Waals surface area contributed by atoms with Crippen LogP contribution in [-0.2, 0) is 15.9 Å². The summed E-state index contributed by atoms with van der Waals surface area (Å²) in [5.41, 5.74) is 6.80. The average molecular weight is 379 g/mol. The Bertz CT molecular complexity index is 766. The zero-order chi connectivity index (χ0) is 18.4. The van der Waals surface area contributed by atoms with Crippen LogP contribution in [0, 0.1) is 0 Å². The molecule has 132 valence electrons. The van der Waals surface area contributed by atoms with Crippen molar-refractivity contribution in [1.29, 1.82) is 0 Å². The van der Waals surface area contributed by atoms with Gasteiger partial charge in [0.2, 0.25) is 0 Å². The zero-order valence-electron chi connectivity index (χ0n) is 13.6. The fraction of sp³-hybridized carbons (Fsp3) is 0.125. The molecule has 4 N–H and O–H groups in total. The van der Waals surface area contributed by atoms with E-state index in [-0.39, 0.29) is 5.11 Å². The molecule has 0 aliphatic carbocycles. The van der Waals surface area contributed by atoms with Crippen LogP contribution in [0.25, 0.3) is 0 Å². The van der Waals surface area contributed by atoms with E-state index in [1.54, 1.807) is 48.7 Å². The Labute approximate surface area is 153 Å². The van der Waals surface area contributed by atoms with E-state index in [0.29, 0.717) is 27.8 Å². The summed E-state index contributed by atoms with van der Waals surface area (Å²) in [4.78, 5) is 11.9. The molecule has 0 heterocycles. The molecule has 2 rings (SSSR count). The molecular weight excluding hydrogens is 362 g/mol. The Morgan fingerprint density at radius 1 is 1.20 bits per heavy atom. The van der Waals surface area contributed by atoms with Gasteiger partial charge in [0.1, 0.15) is 17.8 Å². The van der Waals surface area contributed by atoms with Crippen molar-refractivity contribution in [1.82, 2.24) is 5.32 Å². The SMILES string of the molecule is COC(=O)NC(=S)Nc1cc(Oc2ccc([S+](C)[O-])cc2)ccc1N. The molecule has 0 saturated carbocycles. The average Bonchev–Trinajstić information content (AvgIpc) is 2.58. The first-order valence-electron chi connectivity index (χ1n) is 7.06. The number of amides is 1. The molecule has 1 atom stereocenters. The quantitative estimate of drug-likeness (QED) is 0.426. The molecule has 0 radical (unpaired) electrons. The number of carbonyl (C=O) groups is 1. The molecule has 1 amide bonds. The molecule has 0 aliphatic heterocycles. The van der Waals surface area contributed by atoms with Gasteiger partial charge in [0.05, 0.1) is 18.5 Å². The van der Waals surface area contributed by atoms with Crippen LogP contribution in [0.1, 0.15) is 0 Å². The van der Waals surface area contributed by atoms with Crippen LogP contribution in [0.4, 0.5) is 16.2 Å². The van der Waals surface area contributed by atoms with Crippen molar-refractivity contribution in [3.63, 3.8) is 0 Å². The largest absolute Gasteiger partial charge is 0.612 e. The molecule has 0 aromatic heterocycles. The van der Waals surface area contributed by atoms with Gasteiger partial charge in [-0.3, -0.25) is 5.32 Å². The molecule has 25 heavy (non-hydrogen) atoms. The normalized spacial score (nSPS) is 11.3. The lowest BCUT2D eigenvalue weighted by Crippen LogP contribution is -2.34. The summed E-state index contributed by atoms with van der Waals surface area (Å²) in [6.07, 6.45) is 0.927. The number of methoxy groups -OCH3 is 1. The lowest BCUT2D eigenvalue weighted by Gasteiger charge is -2.13. The number of thiocarbonyl (C=S) groups is 1. The maximum atomic E-state index is 11.4. The number of nitrogens with one attached hydrogen (secondary N) is 2. The predicted molar refractivity (Wildman–Crippen MR) is 101 cm³/mol. The summed E-state index contributed by atoms with van der Waals surface area (Å²) >= 11 is 3.96. The van der Waals surface area contributed by atoms with E-state index in [9.17, 15) is 9.35 Å². The minimum atomic E-state index is -1.04. The van der Waals surface area contributed by atoms with Crippen molar-refractivity contribution >= 4 is 46.0 Å². The molecule has 0 saturated heterocycles. The fourth-order valence-electron chi connectivity index (χ4n) is 1.84. The second-order valence-electron chi connectivity index (χ2n) is 4.85. The third-order valence-corrected chi connectivity index (χ3v) is 4.21. The summed E-state index contributed by atoms with van der Waals surface area (Å²) < 4.78 is 21.6. The van der Waals surface area contributed by atoms with E-state index in [1.807, 2.05) is 0 Å². The molecule has 2 aromatic carbocycles. The minimum Gasteiger partial charge on any atom is -0.612 e. The summed E-state index contributed by atoms with van der Waals surface area (Å²) in [5, 5.41) is 5.17. The van der Waals surface area contributed by atoms with Crippen LogP contribution in [0.2, 0.25) is 0 Å². The molecule has 0 bridgehead atoms. The lowest BCUT2D eigenvalue weighted by atomic mass is 10.2. The van der Waals surface area contributed by atoms with Crippen molar-refractivity contribution in [3.8, 4) is 11.5 Å². The number of nitrogens with two attached hydrogens (primary N) is 1. The number of alkyl carbamates (subject to hydrolysis) is 1. The van der Waals surface area contributed by atoms with Gasteiger partial charge in [-0.25, -0.2) is 4.79 Å². The first-order chi connectivity index (χ1) is 11.9. The van der Waals surface area contributed by atoms with Gasteiger partial charge >= 0.3 is 6.09 Å². The molecule has 7 nitrogen and oxygen atoms in total. The van der Waals surface area contributed by atoms with E-state index >= 15 is 0 Å². The molecule has 2 aromatic rings. The number of rotatable bonds is 4. The van der Waals surface area contributed by atoms with Gasteiger partial charge in [0.15, 0.2) is 10.0 Å². The van der Waals surface area contributed by atoms with Crippen molar-refractivity contribution < 1.29 is 18.8 Å². The Hall–Kier alpha value is -2.49. The topological polar surface area (TPSA) is 109 Å². The van der Waals surface area contributed by atoms with Crippen LogP contribution >= 0.6 is 12.2 Å². The van der Waals surface area contributed by atoms with Gasteiger partial charge in [-0.2, -0.15) is 0 Å². The van der Waals surface area contributed by atoms with Gasteiger partial charge in [-0.05, 0) is 59.8 Å². The van der Waals surface area contributed by atoms with Crippen LogP contribution in [0.15, 0.2) is 47.4 Å². The number of nitrogen functional groups attached to an aromatic ring is 1. The molecule has 0 spiro atoms. The van der Waals surface area contributed by atoms with Crippen LogP contribution in [0.3, 0.4) is 0 Å². The highest BCUT2D eigenvalue weighted by atomic mass is 32.2. The number of carbonyl (C=O) groups excluding carboxylic acids is 1. The second kappa shape index (κ2) is 8.56. The van der Waals surface area contributed by atoms with Crippen molar-refractivity contribution in [2.45, 2.75) is 4.90 Å². The van der Waals surface area contributed by atoms with Gasteiger partial charge in [-0.1, -0.05) is 0 Å². The van der Waals surface area contributed by atoms with Crippen molar-refractivity contribution in [2.75, 3.05) is 24.4 Å². The third kappa shape index (κ3) is 5.52. The Balaban J connectivity index is 2.09. The van der Waals surface area contributed by atoms with Crippen LogP contribution in [0.5, 0.6) is 11.5 Å². The van der Waals surface area contributed by atoms with E-state index in [1.165, 1.54) is 7.11 Å². The molecule has 1 unspecified atom stereocenters. The van der Waals surface area contributed by atoms with Crippen molar-refractivity contribution in [3.05, 3.63) is 42.5 Å². The molecular formula is C16H17N3O4S2. The van der Waals surface area contributed by atoms with Gasteiger partial charge in [0, 0.05) is 6.07 Å². The van der Waals surface area contributed by atoms with Gasteiger partial charge < -0.3 is 25.1 Å². The van der Waals surface area contributed by atoms with Crippen molar-refractivity contribution in [2.24, 2.45) is 0 Å².